The molecule has 0 aromatic heterocycles. The van der Waals surface area contributed by atoms with Gasteiger partial charge in [-0.15, -0.1) is 0 Å². The third kappa shape index (κ3) is 6.87. The average molecular weight is 308 g/mol. The Labute approximate surface area is 135 Å². The Balaban J connectivity index is 2.70. The number of hydrogen-bond donors (Lipinski definition) is 0. The highest BCUT2D eigenvalue weighted by molar-refractivity contribution is 5.87. The number of ether oxygens (including phenoxy) is 1. The number of carbonyl (C=O) groups is 2. The zero-order valence-electron chi connectivity index (χ0n) is 14.7. The topological polar surface area (TPSA) is 43.4 Å². The molecule has 2 unspecified atom stereocenters. The molecule has 0 fully saturated rings. The van der Waals surface area contributed by atoms with Gasteiger partial charge >= 0.3 is 0 Å². The number of ketones is 2. The van der Waals surface area contributed by atoms with E-state index in [1.54, 1.807) is 0 Å². The van der Waals surface area contributed by atoms with Crippen LogP contribution in [0.5, 0.6) is 0 Å². The third-order valence-electron chi connectivity index (χ3n) is 4.51. The SMILES string of the molecule is CC1CC(C)C(=O)C(C)(C)CCC(=O)CCCC=CCCO1. The van der Waals surface area contributed by atoms with Crippen molar-refractivity contribution in [1.82, 2.24) is 0 Å². The van der Waals surface area contributed by atoms with E-state index in [9.17, 15) is 9.59 Å². The second-order valence-corrected chi connectivity index (χ2v) is 7.26. The van der Waals surface area contributed by atoms with Gasteiger partial charge in [0.25, 0.3) is 0 Å². The summed E-state index contributed by atoms with van der Waals surface area (Å²) in [6.07, 6.45) is 9.64. The molecule has 22 heavy (non-hydrogen) atoms. The Morgan fingerprint density at radius 1 is 1.09 bits per heavy atom. The summed E-state index contributed by atoms with van der Waals surface area (Å²) in [5.41, 5.74) is -0.425. The monoisotopic (exact) mass is 308 g/mol. The summed E-state index contributed by atoms with van der Waals surface area (Å²) in [4.78, 5) is 24.6. The number of hydrogen-bond acceptors (Lipinski definition) is 3. The highest BCUT2D eigenvalue weighted by Crippen LogP contribution is 2.29. The fraction of sp³-hybridized carbons (Fsp3) is 0.789. The van der Waals surface area contributed by atoms with Crippen molar-refractivity contribution in [2.75, 3.05) is 6.61 Å². The van der Waals surface area contributed by atoms with Crippen LogP contribution in [0, 0.1) is 11.3 Å². The van der Waals surface area contributed by atoms with E-state index < -0.39 is 5.41 Å². The molecule has 0 radical (unpaired) electrons. The van der Waals surface area contributed by atoms with Gasteiger partial charge in [-0.05, 0) is 39.0 Å². The van der Waals surface area contributed by atoms with Crippen LogP contribution in [0.25, 0.3) is 0 Å². The van der Waals surface area contributed by atoms with Crippen molar-refractivity contribution in [3.05, 3.63) is 12.2 Å². The van der Waals surface area contributed by atoms with Crippen LogP contribution < -0.4 is 0 Å². The van der Waals surface area contributed by atoms with Crippen molar-refractivity contribution in [2.24, 2.45) is 11.3 Å². The van der Waals surface area contributed by atoms with Crippen molar-refractivity contribution in [3.8, 4) is 0 Å². The minimum absolute atomic E-state index is 0.0245. The lowest BCUT2D eigenvalue weighted by Crippen LogP contribution is -2.32. The molecule has 0 N–H and O–H groups in total. The average Bonchev–Trinajstić information content (AvgIpc) is 2.46. The fourth-order valence-electron chi connectivity index (χ4n) is 3.03. The van der Waals surface area contributed by atoms with Gasteiger partial charge in [0.1, 0.15) is 11.6 Å². The van der Waals surface area contributed by atoms with E-state index in [-0.39, 0.29) is 23.6 Å². The van der Waals surface area contributed by atoms with Crippen LogP contribution in [0.15, 0.2) is 12.2 Å². The van der Waals surface area contributed by atoms with Gasteiger partial charge in [-0.1, -0.05) is 32.9 Å². The van der Waals surface area contributed by atoms with E-state index in [2.05, 4.69) is 12.2 Å². The van der Waals surface area contributed by atoms with E-state index in [1.165, 1.54) is 0 Å². The second-order valence-electron chi connectivity index (χ2n) is 7.26. The molecule has 0 aliphatic carbocycles. The smallest absolute Gasteiger partial charge is 0.141 e. The molecular weight excluding hydrogens is 276 g/mol. The van der Waals surface area contributed by atoms with Crippen LogP contribution in [-0.4, -0.2) is 24.3 Å². The quantitative estimate of drug-likeness (QED) is 0.619. The summed E-state index contributed by atoms with van der Waals surface area (Å²) in [6, 6.07) is 0. The summed E-state index contributed by atoms with van der Waals surface area (Å²) in [7, 11) is 0. The van der Waals surface area contributed by atoms with Crippen LogP contribution in [0.4, 0.5) is 0 Å². The molecule has 3 nitrogen and oxygen atoms in total. The molecule has 1 aliphatic rings. The maximum atomic E-state index is 12.6. The number of rotatable bonds is 0. The zero-order valence-corrected chi connectivity index (χ0v) is 14.7. The van der Waals surface area contributed by atoms with Crippen molar-refractivity contribution in [3.63, 3.8) is 0 Å². The number of allylic oxidation sites excluding steroid dienone is 1. The van der Waals surface area contributed by atoms with Crippen LogP contribution in [0.3, 0.4) is 0 Å². The standard InChI is InChI=1S/C19H32O3/c1-15-14-16(2)22-13-9-7-5-6-8-10-17(20)11-12-19(3,4)18(15)21/h5,7,15-16H,6,8-14H2,1-4H3. The van der Waals surface area contributed by atoms with Crippen LogP contribution in [-0.2, 0) is 14.3 Å². The minimum atomic E-state index is -0.425. The highest BCUT2D eigenvalue weighted by atomic mass is 16.5. The van der Waals surface area contributed by atoms with Crippen molar-refractivity contribution in [1.29, 1.82) is 0 Å². The van der Waals surface area contributed by atoms with Gasteiger partial charge in [-0.2, -0.15) is 0 Å². The summed E-state index contributed by atoms with van der Waals surface area (Å²) in [6.45, 7) is 8.65. The fourth-order valence-corrected chi connectivity index (χ4v) is 3.03. The maximum Gasteiger partial charge on any atom is 0.141 e. The number of carbonyl (C=O) groups excluding carboxylic acids is 2. The third-order valence-corrected chi connectivity index (χ3v) is 4.51. The summed E-state index contributed by atoms with van der Waals surface area (Å²) < 4.78 is 5.79. The second kappa shape index (κ2) is 9.24. The molecule has 1 rings (SSSR count). The molecule has 0 spiro atoms. The molecule has 0 amide bonds. The molecule has 2 atom stereocenters. The lowest BCUT2D eigenvalue weighted by Gasteiger charge is -2.28. The Morgan fingerprint density at radius 3 is 2.50 bits per heavy atom. The van der Waals surface area contributed by atoms with E-state index in [0.29, 0.717) is 25.9 Å². The first-order valence-corrected chi connectivity index (χ1v) is 8.65. The molecule has 0 saturated heterocycles. The van der Waals surface area contributed by atoms with Gasteiger partial charge < -0.3 is 4.74 Å². The molecule has 0 aromatic rings. The lowest BCUT2D eigenvalue weighted by atomic mass is 9.76. The van der Waals surface area contributed by atoms with Gasteiger partial charge in [-0.25, -0.2) is 0 Å². The number of Topliss-reactive ketones (excluding diaryl/α,β-unsaturated/α-hetero) is 2. The van der Waals surface area contributed by atoms with Gasteiger partial charge in [0.2, 0.25) is 0 Å². The first-order chi connectivity index (χ1) is 10.3. The van der Waals surface area contributed by atoms with E-state index >= 15 is 0 Å². The molecule has 1 aliphatic heterocycles. The largest absolute Gasteiger partial charge is 0.378 e. The summed E-state index contributed by atoms with van der Waals surface area (Å²) in [5.74, 6) is 0.511. The normalized spacial score (nSPS) is 29.5. The van der Waals surface area contributed by atoms with Gasteiger partial charge in [0.05, 0.1) is 12.7 Å². The zero-order chi connectivity index (χ0) is 16.6. The van der Waals surface area contributed by atoms with E-state index in [1.807, 2.05) is 27.7 Å². The van der Waals surface area contributed by atoms with Crippen LogP contribution >= 0.6 is 0 Å². The summed E-state index contributed by atoms with van der Waals surface area (Å²) >= 11 is 0. The maximum absolute atomic E-state index is 12.6. The summed E-state index contributed by atoms with van der Waals surface area (Å²) in [5, 5.41) is 0. The lowest BCUT2D eigenvalue weighted by molar-refractivity contribution is -0.132. The Morgan fingerprint density at radius 2 is 1.77 bits per heavy atom. The molecule has 0 saturated carbocycles. The van der Waals surface area contributed by atoms with Gasteiger partial charge in [-0.3, -0.25) is 9.59 Å². The Kier molecular flexibility index (Phi) is 8.02. The van der Waals surface area contributed by atoms with E-state index in [0.717, 1.165) is 25.7 Å². The van der Waals surface area contributed by atoms with Crippen LogP contribution in [0.2, 0.25) is 0 Å². The predicted octanol–water partition coefficient (Wildman–Crippen LogP) is 4.49. The highest BCUT2D eigenvalue weighted by Gasteiger charge is 2.32. The Bertz CT molecular complexity index is 395. The van der Waals surface area contributed by atoms with Gasteiger partial charge in [0, 0.05) is 24.2 Å². The van der Waals surface area contributed by atoms with Crippen molar-refractivity contribution < 1.29 is 14.3 Å². The molecule has 1 heterocycles. The van der Waals surface area contributed by atoms with Crippen molar-refractivity contribution in [2.45, 2.75) is 78.7 Å². The minimum Gasteiger partial charge on any atom is -0.378 e. The molecule has 126 valence electrons. The Hall–Kier alpha value is -0.960. The molecule has 0 aromatic carbocycles. The molecule has 0 bridgehead atoms. The predicted molar refractivity (Wildman–Crippen MR) is 89.8 cm³/mol. The first-order valence-electron chi connectivity index (χ1n) is 8.65. The molecule has 3 heteroatoms. The first kappa shape index (κ1) is 19.1. The van der Waals surface area contributed by atoms with Crippen LogP contribution in [0.1, 0.15) is 72.6 Å². The van der Waals surface area contributed by atoms with E-state index in [4.69, 9.17) is 4.74 Å². The van der Waals surface area contributed by atoms with Gasteiger partial charge in [0.15, 0.2) is 0 Å². The van der Waals surface area contributed by atoms with Crippen molar-refractivity contribution >= 4 is 11.6 Å². The molecular formula is C19H32O3.